The molecular formula is C21H23N3O. The van der Waals surface area contributed by atoms with Gasteiger partial charge in [-0.25, -0.2) is 4.98 Å². The second-order valence-electron chi connectivity index (χ2n) is 6.42. The van der Waals surface area contributed by atoms with E-state index >= 15 is 0 Å². The predicted octanol–water partition coefficient (Wildman–Crippen LogP) is 3.36. The molecule has 3 rings (SSSR count). The van der Waals surface area contributed by atoms with Crippen LogP contribution in [-0.4, -0.2) is 15.5 Å². The number of primary amides is 1. The predicted molar refractivity (Wildman–Crippen MR) is 99.2 cm³/mol. The van der Waals surface area contributed by atoms with Crippen molar-refractivity contribution >= 4 is 5.91 Å². The van der Waals surface area contributed by atoms with E-state index in [2.05, 4.69) is 15.6 Å². The van der Waals surface area contributed by atoms with E-state index in [0.29, 0.717) is 13.0 Å². The van der Waals surface area contributed by atoms with Crippen molar-refractivity contribution in [1.82, 2.24) is 9.55 Å². The van der Waals surface area contributed by atoms with Crippen molar-refractivity contribution in [2.45, 2.75) is 32.2 Å². The molecule has 4 heteroatoms. The average Bonchev–Trinajstić information content (AvgIpc) is 3.01. The molecule has 0 aliphatic carbocycles. The number of amides is 1. The molecule has 1 atom stereocenters. The topological polar surface area (TPSA) is 60.9 Å². The summed E-state index contributed by atoms with van der Waals surface area (Å²) in [6.45, 7) is 4.65. The Bertz CT molecular complexity index is 870. The van der Waals surface area contributed by atoms with Crippen molar-refractivity contribution in [2.24, 2.45) is 5.73 Å². The van der Waals surface area contributed by atoms with Crippen molar-refractivity contribution in [3.05, 3.63) is 89.5 Å². The second kappa shape index (κ2) is 6.93. The number of benzene rings is 2. The first kappa shape index (κ1) is 17.0. The second-order valence-corrected chi connectivity index (χ2v) is 6.42. The molecule has 0 radical (unpaired) electrons. The summed E-state index contributed by atoms with van der Waals surface area (Å²) >= 11 is 0. The van der Waals surface area contributed by atoms with Gasteiger partial charge < -0.3 is 10.3 Å². The van der Waals surface area contributed by atoms with Gasteiger partial charge in [-0.15, -0.1) is 0 Å². The molecule has 2 aromatic carbocycles. The maximum absolute atomic E-state index is 12.8. The summed E-state index contributed by atoms with van der Waals surface area (Å²) < 4.78 is 2.05. The highest BCUT2D eigenvalue weighted by atomic mass is 16.1. The molecule has 4 nitrogen and oxygen atoms in total. The van der Waals surface area contributed by atoms with E-state index in [1.54, 1.807) is 6.20 Å². The molecule has 25 heavy (non-hydrogen) atoms. The molecule has 2 N–H and O–H groups in total. The zero-order valence-corrected chi connectivity index (χ0v) is 14.6. The van der Waals surface area contributed by atoms with E-state index in [0.717, 1.165) is 22.5 Å². The van der Waals surface area contributed by atoms with Crippen LogP contribution in [0.5, 0.6) is 0 Å². The number of hydrogen-bond acceptors (Lipinski definition) is 2. The lowest BCUT2D eigenvalue weighted by atomic mass is 9.71. The summed E-state index contributed by atoms with van der Waals surface area (Å²) in [4.78, 5) is 17.0. The highest BCUT2D eigenvalue weighted by Gasteiger charge is 2.40. The SMILES string of the molecule is Cc1cccc(C(CCn2ccnc2C)(C(N)=O)c2ccccc2)c1. The van der Waals surface area contributed by atoms with E-state index in [1.807, 2.05) is 68.6 Å². The maximum atomic E-state index is 12.8. The van der Waals surface area contributed by atoms with E-state index in [9.17, 15) is 4.79 Å². The zero-order chi connectivity index (χ0) is 17.9. The number of carbonyl (C=O) groups excluding carboxylic acids is 1. The van der Waals surface area contributed by atoms with Crippen LogP contribution >= 0.6 is 0 Å². The lowest BCUT2D eigenvalue weighted by molar-refractivity contribution is -0.122. The highest BCUT2D eigenvalue weighted by Crippen LogP contribution is 2.36. The van der Waals surface area contributed by atoms with Crippen LogP contribution in [0, 0.1) is 13.8 Å². The average molecular weight is 333 g/mol. The van der Waals surface area contributed by atoms with Crippen LogP contribution in [0.15, 0.2) is 67.0 Å². The van der Waals surface area contributed by atoms with E-state index in [4.69, 9.17) is 5.73 Å². The van der Waals surface area contributed by atoms with Crippen molar-refractivity contribution < 1.29 is 4.79 Å². The Morgan fingerprint density at radius 1 is 1.08 bits per heavy atom. The minimum Gasteiger partial charge on any atom is -0.369 e. The first-order valence-corrected chi connectivity index (χ1v) is 8.44. The van der Waals surface area contributed by atoms with Gasteiger partial charge in [0.15, 0.2) is 0 Å². The summed E-state index contributed by atoms with van der Waals surface area (Å²) in [5, 5.41) is 0. The molecule has 1 unspecified atom stereocenters. The number of aromatic nitrogens is 2. The van der Waals surface area contributed by atoms with Crippen LogP contribution in [0.3, 0.4) is 0 Å². The van der Waals surface area contributed by atoms with Crippen LogP contribution in [0.2, 0.25) is 0 Å². The van der Waals surface area contributed by atoms with Crippen LogP contribution in [0.25, 0.3) is 0 Å². The number of carbonyl (C=O) groups is 1. The first-order valence-electron chi connectivity index (χ1n) is 8.44. The van der Waals surface area contributed by atoms with Crippen LogP contribution < -0.4 is 5.73 Å². The van der Waals surface area contributed by atoms with E-state index in [1.165, 1.54) is 0 Å². The van der Waals surface area contributed by atoms with Crippen molar-refractivity contribution in [2.75, 3.05) is 0 Å². The first-order chi connectivity index (χ1) is 12.0. The Hall–Kier alpha value is -2.88. The Morgan fingerprint density at radius 2 is 1.80 bits per heavy atom. The fraction of sp³-hybridized carbons (Fsp3) is 0.238. The van der Waals surface area contributed by atoms with Gasteiger partial charge in [0.05, 0.1) is 0 Å². The molecule has 0 aliphatic rings. The smallest absolute Gasteiger partial charge is 0.232 e. The standard InChI is InChI=1S/C21H23N3O/c1-16-7-6-10-19(15-16)21(20(22)25,18-8-4-3-5-9-18)11-13-24-14-12-23-17(24)2/h3-10,12,14-15H,11,13H2,1-2H3,(H2,22,25). The van der Waals surface area contributed by atoms with Crippen LogP contribution in [0.1, 0.15) is 28.9 Å². The van der Waals surface area contributed by atoms with Gasteiger partial charge in [0.2, 0.25) is 5.91 Å². The molecule has 128 valence electrons. The van der Waals surface area contributed by atoms with Crippen molar-refractivity contribution in [1.29, 1.82) is 0 Å². The van der Waals surface area contributed by atoms with Crippen LogP contribution in [-0.2, 0) is 16.8 Å². The van der Waals surface area contributed by atoms with Crippen molar-refractivity contribution in [3.8, 4) is 0 Å². The van der Waals surface area contributed by atoms with Gasteiger partial charge >= 0.3 is 0 Å². The lowest BCUT2D eigenvalue weighted by Gasteiger charge is -2.32. The molecule has 0 saturated carbocycles. The fourth-order valence-electron chi connectivity index (χ4n) is 3.42. The third-order valence-electron chi connectivity index (χ3n) is 4.85. The summed E-state index contributed by atoms with van der Waals surface area (Å²) in [6, 6.07) is 17.9. The normalized spacial score (nSPS) is 13.4. The minimum atomic E-state index is -0.871. The van der Waals surface area contributed by atoms with Gasteiger partial charge in [-0.1, -0.05) is 60.2 Å². The van der Waals surface area contributed by atoms with Gasteiger partial charge in [-0.05, 0) is 31.4 Å². The highest BCUT2D eigenvalue weighted by molar-refractivity contribution is 5.90. The Kier molecular flexibility index (Phi) is 4.70. The van der Waals surface area contributed by atoms with Gasteiger partial charge in [0.25, 0.3) is 0 Å². The fourth-order valence-corrected chi connectivity index (χ4v) is 3.42. The van der Waals surface area contributed by atoms with E-state index in [-0.39, 0.29) is 5.91 Å². The van der Waals surface area contributed by atoms with E-state index < -0.39 is 5.41 Å². The van der Waals surface area contributed by atoms with Gasteiger partial charge in [-0.3, -0.25) is 4.79 Å². The molecule has 0 saturated heterocycles. The Balaban J connectivity index is 2.12. The molecule has 0 fully saturated rings. The van der Waals surface area contributed by atoms with Crippen LogP contribution in [0.4, 0.5) is 0 Å². The zero-order valence-electron chi connectivity index (χ0n) is 14.6. The third kappa shape index (κ3) is 3.20. The molecule has 1 amide bonds. The number of aryl methyl sites for hydroxylation is 3. The molecule has 0 spiro atoms. The number of nitrogens with zero attached hydrogens (tertiary/aromatic N) is 2. The summed E-state index contributed by atoms with van der Waals surface area (Å²) in [6.07, 6.45) is 4.28. The number of hydrogen-bond donors (Lipinski definition) is 1. The summed E-state index contributed by atoms with van der Waals surface area (Å²) in [7, 11) is 0. The van der Waals surface area contributed by atoms with Gasteiger partial charge in [0, 0.05) is 18.9 Å². The number of imidazole rings is 1. The van der Waals surface area contributed by atoms with Crippen molar-refractivity contribution in [3.63, 3.8) is 0 Å². The Labute approximate surface area is 148 Å². The molecular weight excluding hydrogens is 310 g/mol. The monoisotopic (exact) mass is 333 g/mol. The molecule has 1 heterocycles. The molecule has 1 aromatic heterocycles. The summed E-state index contributed by atoms with van der Waals surface area (Å²) in [5.74, 6) is 0.595. The third-order valence-corrected chi connectivity index (χ3v) is 4.85. The quantitative estimate of drug-likeness (QED) is 0.752. The molecule has 3 aromatic rings. The lowest BCUT2D eigenvalue weighted by Crippen LogP contribution is -2.43. The number of nitrogens with two attached hydrogens (primary N) is 1. The number of rotatable bonds is 6. The molecule has 0 bridgehead atoms. The largest absolute Gasteiger partial charge is 0.369 e. The molecule has 0 aliphatic heterocycles. The summed E-state index contributed by atoms with van der Waals surface area (Å²) in [5.41, 5.74) is 8.09. The minimum absolute atomic E-state index is 0.331. The van der Waals surface area contributed by atoms with Gasteiger partial charge in [0.1, 0.15) is 11.2 Å². The maximum Gasteiger partial charge on any atom is 0.232 e. The van der Waals surface area contributed by atoms with Gasteiger partial charge in [-0.2, -0.15) is 0 Å². The Morgan fingerprint density at radius 3 is 2.40 bits per heavy atom.